The minimum atomic E-state index is -0.210. The average molecular weight is 300 g/mol. The summed E-state index contributed by atoms with van der Waals surface area (Å²) in [5.41, 5.74) is 1.90. The number of hydrogen-bond acceptors (Lipinski definition) is 3. The van der Waals surface area contributed by atoms with E-state index < -0.39 is 0 Å². The van der Waals surface area contributed by atoms with Crippen LogP contribution in [0.5, 0.6) is 0 Å². The molecule has 1 aromatic carbocycles. The number of benzene rings is 1. The molecular formula is C16H20N4O2. The Kier molecular flexibility index (Phi) is 4.70. The summed E-state index contributed by atoms with van der Waals surface area (Å²) in [6.07, 6.45) is 5.28. The largest absolute Gasteiger partial charge is 0.379 e. The monoisotopic (exact) mass is 300 g/mol. The number of rotatable bonds is 5. The molecule has 2 N–H and O–H groups in total. The second kappa shape index (κ2) is 7.09. The van der Waals surface area contributed by atoms with E-state index in [-0.39, 0.29) is 12.1 Å². The highest BCUT2D eigenvalue weighted by molar-refractivity contribution is 5.88. The zero-order valence-electron chi connectivity index (χ0n) is 12.4. The Morgan fingerprint density at radius 2 is 2.23 bits per heavy atom. The molecule has 2 aromatic rings. The molecule has 6 heteroatoms. The molecule has 2 amide bonds. The van der Waals surface area contributed by atoms with Gasteiger partial charge in [0, 0.05) is 19.3 Å². The summed E-state index contributed by atoms with van der Waals surface area (Å²) < 4.78 is 7.19. The van der Waals surface area contributed by atoms with Crippen molar-refractivity contribution < 1.29 is 9.53 Å². The number of nitrogens with one attached hydrogen (secondary N) is 2. The van der Waals surface area contributed by atoms with Crippen molar-refractivity contribution in [2.75, 3.05) is 25.1 Å². The van der Waals surface area contributed by atoms with Gasteiger partial charge in [-0.2, -0.15) is 5.10 Å². The van der Waals surface area contributed by atoms with Gasteiger partial charge in [0.25, 0.3) is 0 Å². The van der Waals surface area contributed by atoms with Crippen molar-refractivity contribution >= 4 is 11.7 Å². The lowest BCUT2D eigenvalue weighted by Crippen LogP contribution is -2.30. The third-order valence-corrected chi connectivity index (χ3v) is 3.68. The van der Waals surface area contributed by atoms with E-state index in [1.807, 2.05) is 41.2 Å². The molecule has 2 heterocycles. The summed E-state index contributed by atoms with van der Waals surface area (Å²) in [5, 5.41) is 9.92. The third kappa shape index (κ3) is 3.85. The molecule has 3 rings (SSSR count). The van der Waals surface area contributed by atoms with E-state index in [4.69, 9.17) is 4.74 Å². The van der Waals surface area contributed by atoms with Crippen LogP contribution in [-0.4, -0.2) is 35.6 Å². The van der Waals surface area contributed by atoms with Gasteiger partial charge in [0.05, 0.1) is 24.5 Å². The van der Waals surface area contributed by atoms with E-state index in [2.05, 4.69) is 15.7 Å². The SMILES string of the molecule is O=C(NCCc1ccccc1)Nc1cnn([C@H]2CCOC2)c1. The number of nitrogens with zero attached hydrogens (tertiary/aromatic N) is 2. The molecule has 116 valence electrons. The second-order valence-electron chi connectivity index (χ2n) is 5.34. The van der Waals surface area contributed by atoms with E-state index >= 15 is 0 Å². The highest BCUT2D eigenvalue weighted by Crippen LogP contribution is 2.19. The highest BCUT2D eigenvalue weighted by Gasteiger charge is 2.18. The first-order valence-corrected chi connectivity index (χ1v) is 7.52. The highest BCUT2D eigenvalue weighted by atomic mass is 16.5. The number of aromatic nitrogens is 2. The third-order valence-electron chi connectivity index (χ3n) is 3.68. The van der Waals surface area contributed by atoms with E-state index in [1.54, 1.807) is 6.20 Å². The predicted molar refractivity (Wildman–Crippen MR) is 83.9 cm³/mol. The Labute approximate surface area is 129 Å². The summed E-state index contributed by atoms with van der Waals surface area (Å²) in [7, 11) is 0. The van der Waals surface area contributed by atoms with E-state index in [0.29, 0.717) is 18.8 Å². The smallest absolute Gasteiger partial charge is 0.319 e. The number of amides is 2. The van der Waals surface area contributed by atoms with Crippen molar-refractivity contribution in [1.29, 1.82) is 0 Å². The van der Waals surface area contributed by atoms with Crippen molar-refractivity contribution in [3.63, 3.8) is 0 Å². The first kappa shape index (κ1) is 14.6. The van der Waals surface area contributed by atoms with Crippen LogP contribution < -0.4 is 10.6 Å². The zero-order valence-corrected chi connectivity index (χ0v) is 12.4. The Balaban J connectivity index is 1.43. The van der Waals surface area contributed by atoms with E-state index in [9.17, 15) is 4.79 Å². The normalized spacial score (nSPS) is 17.4. The number of ether oxygens (including phenoxy) is 1. The summed E-state index contributed by atoms with van der Waals surface area (Å²) in [6.45, 7) is 2.05. The molecule has 22 heavy (non-hydrogen) atoms. The quantitative estimate of drug-likeness (QED) is 0.889. The first-order valence-electron chi connectivity index (χ1n) is 7.52. The van der Waals surface area contributed by atoms with Gasteiger partial charge in [-0.3, -0.25) is 4.68 Å². The van der Waals surface area contributed by atoms with Gasteiger partial charge < -0.3 is 15.4 Å². The molecule has 0 bridgehead atoms. The first-order chi connectivity index (χ1) is 10.8. The Hall–Kier alpha value is -2.34. The average Bonchev–Trinajstić information content (AvgIpc) is 3.19. The van der Waals surface area contributed by atoms with Crippen molar-refractivity contribution in [3.8, 4) is 0 Å². The fourth-order valence-electron chi connectivity index (χ4n) is 2.47. The van der Waals surface area contributed by atoms with Gasteiger partial charge in [-0.25, -0.2) is 4.79 Å². The summed E-state index contributed by atoms with van der Waals surface area (Å²) in [4.78, 5) is 11.8. The topological polar surface area (TPSA) is 68.2 Å². The van der Waals surface area contributed by atoms with Crippen LogP contribution in [0.4, 0.5) is 10.5 Å². The number of carbonyl (C=O) groups excluding carboxylic acids is 1. The van der Waals surface area contributed by atoms with Gasteiger partial charge >= 0.3 is 6.03 Å². The minimum absolute atomic E-state index is 0.210. The molecule has 0 unspecified atom stereocenters. The molecule has 1 atom stereocenters. The molecule has 1 aliphatic heterocycles. The predicted octanol–water partition coefficient (Wildman–Crippen LogP) is 2.21. The molecular weight excluding hydrogens is 280 g/mol. The lowest BCUT2D eigenvalue weighted by molar-refractivity contribution is 0.184. The summed E-state index contributed by atoms with van der Waals surface area (Å²) >= 11 is 0. The lowest BCUT2D eigenvalue weighted by atomic mass is 10.1. The molecule has 6 nitrogen and oxygen atoms in total. The van der Waals surface area contributed by atoms with E-state index in [0.717, 1.165) is 19.4 Å². The van der Waals surface area contributed by atoms with E-state index in [1.165, 1.54) is 5.56 Å². The van der Waals surface area contributed by atoms with Gasteiger partial charge in [0.1, 0.15) is 0 Å². The van der Waals surface area contributed by atoms with Crippen LogP contribution in [0.1, 0.15) is 18.0 Å². The molecule has 0 spiro atoms. The van der Waals surface area contributed by atoms with Gasteiger partial charge in [-0.1, -0.05) is 30.3 Å². The van der Waals surface area contributed by atoms with Gasteiger partial charge in [0.15, 0.2) is 0 Å². The van der Waals surface area contributed by atoms with Crippen LogP contribution in [0.25, 0.3) is 0 Å². The maximum Gasteiger partial charge on any atom is 0.319 e. The van der Waals surface area contributed by atoms with Crippen molar-refractivity contribution in [3.05, 3.63) is 48.3 Å². The van der Waals surface area contributed by atoms with Crippen LogP contribution in [0.2, 0.25) is 0 Å². The van der Waals surface area contributed by atoms with Crippen LogP contribution >= 0.6 is 0 Å². The second-order valence-corrected chi connectivity index (χ2v) is 5.34. The molecule has 1 fully saturated rings. The Bertz CT molecular complexity index is 606. The number of carbonyl (C=O) groups is 1. The summed E-state index contributed by atoms with van der Waals surface area (Å²) in [6, 6.07) is 10.1. The molecule has 0 radical (unpaired) electrons. The maximum absolute atomic E-state index is 11.8. The van der Waals surface area contributed by atoms with Gasteiger partial charge in [0.2, 0.25) is 0 Å². The fraction of sp³-hybridized carbons (Fsp3) is 0.375. The molecule has 1 aliphatic rings. The lowest BCUT2D eigenvalue weighted by Gasteiger charge is -2.07. The molecule has 1 saturated heterocycles. The van der Waals surface area contributed by atoms with Crippen LogP contribution in [-0.2, 0) is 11.2 Å². The van der Waals surface area contributed by atoms with Gasteiger partial charge in [-0.05, 0) is 18.4 Å². The van der Waals surface area contributed by atoms with Crippen LogP contribution in [0.15, 0.2) is 42.7 Å². The minimum Gasteiger partial charge on any atom is -0.379 e. The molecule has 0 saturated carbocycles. The number of urea groups is 1. The zero-order chi connectivity index (χ0) is 15.2. The molecule has 0 aliphatic carbocycles. The fourth-order valence-corrected chi connectivity index (χ4v) is 2.47. The van der Waals surface area contributed by atoms with Crippen LogP contribution in [0.3, 0.4) is 0 Å². The van der Waals surface area contributed by atoms with Crippen molar-refractivity contribution in [2.24, 2.45) is 0 Å². The Morgan fingerprint density at radius 3 is 3.00 bits per heavy atom. The number of hydrogen-bond donors (Lipinski definition) is 2. The van der Waals surface area contributed by atoms with Crippen LogP contribution in [0, 0.1) is 0 Å². The number of anilines is 1. The maximum atomic E-state index is 11.8. The van der Waals surface area contributed by atoms with Crippen molar-refractivity contribution in [2.45, 2.75) is 18.9 Å². The Morgan fingerprint density at radius 1 is 1.36 bits per heavy atom. The van der Waals surface area contributed by atoms with Crippen molar-refractivity contribution in [1.82, 2.24) is 15.1 Å². The summed E-state index contributed by atoms with van der Waals surface area (Å²) in [5.74, 6) is 0. The molecule has 1 aromatic heterocycles. The standard InChI is InChI=1S/C16H20N4O2/c21-16(17-8-6-13-4-2-1-3-5-13)19-14-10-18-20(11-14)15-7-9-22-12-15/h1-5,10-11,15H,6-9,12H2,(H2,17,19,21)/t15-/m0/s1. The van der Waals surface area contributed by atoms with Gasteiger partial charge in [-0.15, -0.1) is 0 Å².